The zero-order valence-corrected chi connectivity index (χ0v) is 16.6. The van der Waals surface area contributed by atoms with Gasteiger partial charge in [-0.1, -0.05) is 0 Å². The molecule has 0 radical (unpaired) electrons. The Morgan fingerprint density at radius 2 is 2.11 bits per heavy atom. The highest BCUT2D eigenvalue weighted by Gasteiger charge is 2.16. The molecule has 0 aliphatic carbocycles. The average molecular weight is 386 g/mol. The minimum Gasteiger partial charge on any atom is -0.481 e. The molecule has 142 valence electrons. The van der Waals surface area contributed by atoms with Crippen LogP contribution in [0, 0.1) is 13.8 Å². The summed E-state index contributed by atoms with van der Waals surface area (Å²) < 4.78 is 5.38. The average Bonchev–Trinajstić information content (AvgIpc) is 3.13. The summed E-state index contributed by atoms with van der Waals surface area (Å²) in [5.74, 6) is 1.25. The Kier molecular flexibility index (Phi) is 5.90. The molecule has 0 aromatic carbocycles. The maximum atomic E-state index is 12.5. The van der Waals surface area contributed by atoms with Crippen LogP contribution in [-0.2, 0) is 11.3 Å². The van der Waals surface area contributed by atoms with Crippen molar-refractivity contribution < 1.29 is 9.53 Å². The number of hydrogen-bond acceptors (Lipinski definition) is 7. The number of thioether (sulfide) groups is 1. The number of imidazole rings is 1. The lowest BCUT2D eigenvalue weighted by Gasteiger charge is -2.20. The van der Waals surface area contributed by atoms with Crippen LogP contribution < -0.4 is 4.74 Å². The van der Waals surface area contributed by atoms with Crippen LogP contribution in [0.1, 0.15) is 23.2 Å². The number of carbonyl (C=O) groups is 1. The molecule has 0 bridgehead atoms. The first-order chi connectivity index (χ1) is 13.0. The molecule has 3 aromatic rings. The minimum absolute atomic E-state index is 0.0550. The number of ether oxygens (including phenoxy) is 1. The van der Waals surface area contributed by atoms with Gasteiger partial charge in [0.25, 0.3) is 0 Å². The molecule has 1 amide bonds. The number of methoxy groups -OCH3 is 1. The second kappa shape index (κ2) is 8.34. The Hall–Kier alpha value is -2.68. The number of nitrogens with one attached hydrogen (secondary N) is 1. The summed E-state index contributed by atoms with van der Waals surface area (Å²) in [4.78, 5) is 34.1. The van der Waals surface area contributed by atoms with Crippen molar-refractivity contribution in [1.29, 1.82) is 0 Å². The lowest BCUT2D eigenvalue weighted by Crippen LogP contribution is -2.27. The van der Waals surface area contributed by atoms with Crippen molar-refractivity contribution in [2.24, 2.45) is 0 Å². The van der Waals surface area contributed by atoms with Gasteiger partial charge in [0, 0.05) is 30.5 Å². The number of carbonyl (C=O) groups excluding carboxylic acids is 1. The SMILES string of the molecule is COc1nc(C)cc(C)c1CN(C)C(=O)CCSc1ncnc2nc[nH]c12. The van der Waals surface area contributed by atoms with Gasteiger partial charge in [0.15, 0.2) is 5.65 Å². The van der Waals surface area contributed by atoms with E-state index in [-0.39, 0.29) is 5.91 Å². The van der Waals surface area contributed by atoms with Crippen molar-refractivity contribution in [1.82, 2.24) is 29.8 Å². The summed E-state index contributed by atoms with van der Waals surface area (Å²) in [6.45, 7) is 4.39. The van der Waals surface area contributed by atoms with Crippen LogP contribution in [-0.4, -0.2) is 55.6 Å². The third-order valence-electron chi connectivity index (χ3n) is 4.19. The van der Waals surface area contributed by atoms with Crippen LogP contribution >= 0.6 is 11.8 Å². The predicted molar refractivity (Wildman–Crippen MR) is 104 cm³/mol. The van der Waals surface area contributed by atoms with E-state index in [1.807, 2.05) is 19.9 Å². The zero-order valence-electron chi connectivity index (χ0n) is 15.8. The lowest BCUT2D eigenvalue weighted by atomic mass is 10.1. The number of nitrogens with zero attached hydrogens (tertiary/aromatic N) is 5. The minimum atomic E-state index is 0.0550. The van der Waals surface area contributed by atoms with Gasteiger partial charge < -0.3 is 14.6 Å². The van der Waals surface area contributed by atoms with Crippen LogP contribution in [0.4, 0.5) is 0 Å². The van der Waals surface area contributed by atoms with E-state index < -0.39 is 0 Å². The number of aromatic amines is 1. The zero-order chi connectivity index (χ0) is 19.4. The summed E-state index contributed by atoms with van der Waals surface area (Å²) in [6, 6.07) is 2.00. The van der Waals surface area contributed by atoms with Crippen molar-refractivity contribution in [2.45, 2.75) is 31.8 Å². The fraction of sp³-hybridized carbons (Fsp3) is 0.389. The van der Waals surface area contributed by atoms with Crippen molar-refractivity contribution in [2.75, 3.05) is 19.9 Å². The highest BCUT2D eigenvalue weighted by atomic mass is 32.2. The summed E-state index contributed by atoms with van der Waals surface area (Å²) in [5.41, 5.74) is 4.32. The molecule has 0 spiro atoms. The van der Waals surface area contributed by atoms with E-state index in [0.717, 1.165) is 27.4 Å². The summed E-state index contributed by atoms with van der Waals surface area (Å²) in [5, 5.41) is 0.799. The molecule has 0 unspecified atom stereocenters. The number of hydrogen-bond donors (Lipinski definition) is 1. The number of amides is 1. The summed E-state index contributed by atoms with van der Waals surface area (Å²) in [6.07, 6.45) is 3.48. The molecule has 0 aliphatic heterocycles. The number of pyridine rings is 1. The Morgan fingerprint density at radius 1 is 1.30 bits per heavy atom. The van der Waals surface area contributed by atoms with Gasteiger partial charge in [-0.2, -0.15) is 0 Å². The first kappa shape index (κ1) is 19.1. The molecule has 0 fully saturated rings. The van der Waals surface area contributed by atoms with Crippen LogP contribution in [0.5, 0.6) is 5.88 Å². The van der Waals surface area contributed by atoms with Gasteiger partial charge in [0.1, 0.15) is 16.9 Å². The number of rotatable bonds is 7. The Bertz CT molecular complexity index is 958. The van der Waals surface area contributed by atoms with Crippen molar-refractivity contribution in [3.8, 4) is 5.88 Å². The van der Waals surface area contributed by atoms with Gasteiger partial charge in [-0.25, -0.2) is 19.9 Å². The van der Waals surface area contributed by atoms with Crippen molar-refractivity contribution in [3.05, 3.63) is 35.5 Å². The van der Waals surface area contributed by atoms with E-state index in [9.17, 15) is 4.79 Å². The molecule has 27 heavy (non-hydrogen) atoms. The third-order valence-corrected chi connectivity index (χ3v) is 5.19. The van der Waals surface area contributed by atoms with Gasteiger partial charge in [0.2, 0.25) is 11.8 Å². The van der Waals surface area contributed by atoms with Crippen molar-refractivity contribution >= 4 is 28.8 Å². The molecule has 0 saturated carbocycles. The number of fused-ring (bicyclic) bond motifs is 1. The lowest BCUT2D eigenvalue weighted by molar-refractivity contribution is -0.129. The molecule has 3 aromatic heterocycles. The summed E-state index contributed by atoms with van der Waals surface area (Å²) >= 11 is 1.51. The van der Waals surface area contributed by atoms with Crippen LogP contribution in [0.3, 0.4) is 0 Å². The van der Waals surface area contributed by atoms with E-state index in [2.05, 4.69) is 24.9 Å². The van der Waals surface area contributed by atoms with Gasteiger partial charge >= 0.3 is 0 Å². The molecule has 3 heterocycles. The Labute approximate surface area is 161 Å². The maximum Gasteiger partial charge on any atom is 0.223 e. The topological polar surface area (TPSA) is 96.9 Å². The van der Waals surface area contributed by atoms with E-state index in [4.69, 9.17) is 4.74 Å². The molecule has 8 nitrogen and oxygen atoms in total. The normalized spacial score (nSPS) is 11.0. The summed E-state index contributed by atoms with van der Waals surface area (Å²) in [7, 11) is 3.39. The number of aromatic nitrogens is 5. The van der Waals surface area contributed by atoms with Gasteiger partial charge in [0.05, 0.1) is 20.0 Å². The van der Waals surface area contributed by atoms with E-state index >= 15 is 0 Å². The third kappa shape index (κ3) is 4.36. The smallest absolute Gasteiger partial charge is 0.223 e. The first-order valence-corrected chi connectivity index (χ1v) is 9.50. The number of H-pyrrole nitrogens is 1. The first-order valence-electron chi connectivity index (χ1n) is 8.51. The van der Waals surface area contributed by atoms with Crippen LogP contribution in [0.25, 0.3) is 11.2 Å². The Balaban J connectivity index is 1.59. The Morgan fingerprint density at radius 3 is 2.89 bits per heavy atom. The highest BCUT2D eigenvalue weighted by molar-refractivity contribution is 7.99. The molecule has 0 saturated heterocycles. The second-order valence-electron chi connectivity index (χ2n) is 6.20. The predicted octanol–water partition coefficient (Wildman–Crippen LogP) is 2.51. The van der Waals surface area contributed by atoms with Crippen LogP contribution in [0.2, 0.25) is 0 Å². The van der Waals surface area contributed by atoms with Crippen molar-refractivity contribution in [3.63, 3.8) is 0 Å². The molecule has 1 N–H and O–H groups in total. The molecule has 0 aliphatic rings. The molecule has 9 heteroatoms. The maximum absolute atomic E-state index is 12.5. The molecule has 0 atom stereocenters. The molecular weight excluding hydrogens is 364 g/mol. The second-order valence-corrected chi connectivity index (χ2v) is 7.28. The molecule has 3 rings (SSSR count). The van der Waals surface area contributed by atoms with Gasteiger partial charge in [-0.3, -0.25) is 4.79 Å². The molecular formula is C18H22N6O2S. The standard InChI is InChI=1S/C18H22N6O2S/c1-11-7-12(2)23-17(26-4)13(11)8-24(3)14(25)5-6-27-18-15-16(20-9-19-15)21-10-22-18/h7,9-10H,5-6,8H2,1-4H3,(H,19,20,21,22). The fourth-order valence-corrected chi connectivity index (χ4v) is 3.68. The van der Waals surface area contributed by atoms with Gasteiger partial charge in [-0.05, 0) is 25.5 Å². The van der Waals surface area contributed by atoms with E-state index in [0.29, 0.717) is 30.2 Å². The van der Waals surface area contributed by atoms with Gasteiger partial charge in [-0.15, -0.1) is 11.8 Å². The monoisotopic (exact) mass is 386 g/mol. The number of aryl methyl sites for hydroxylation is 2. The largest absolute Gasteiger partial charge is 0.481 e. The quantitative estimate of drug-likeness (QED) is 0.492. The highest BCUT2D eigenvalue weighted by Crippen LogP contribution is 2.24. The fourth-order valence-electron chi connectivity index (χ4n) is 2.79. The van der Waals surface area contributed by atoms with E-state index in [1.165, 1.54) is 18.1 Å². The van der Waals surface area contributed by atoms with Crippen LogP contribution in [0.15, 0.2) is 23.7 Å². The van der Waals surface area contributed by atoms with E-state index in [1.54, 1.807) is 25.4 Å².